The Morgan fingerprint density at radius 2 is 1.73 bits per heavy atom. The van der Waals surface area contributed by atoms with Crippen LogP contribution in [-0.2, 0) is 32.0 Å². The molecule has 4 rings (SSSR count). The van der Waals surface area contributed by atoms with Crippen LogP contribution in [0.1, 0.15) is 49.7 Å². The molecule has 0 radical (unpaired) electrons. The summed E-state index contributed by atoms with van der Waals surface area (Å²) in [7, 11) is 0. The molecule has 0 bridgehead atoms. The first-order chi connectivity index (χ1) is 22.9. The van der Waals surface area contributed by atoms with Gasteiger partial charge in [0.05, 0.1) is 17.2 Å². The highest BCUT2D eigenvalue weighted by Crippen LogP contribution is 2.40. The first kappa shape index (κ1) is 36.4. The number of hydrogen-bond donors (Lipinski definition) is 8. The molecule has 7 atom stereocenters. The molecule has 2 aliphatic rings. The predicted octanol–water partition coefficient (Wildman–Crippen LogP) is 0.250. The fraction of sp³-hybridized carbons (Fsp3) is 0.485. The number of carbonyl (C=O) groups is 4. The standard InChI is InChI=1S/C33H43ClN6O8/c34-24-12-19(5-10-28(24)44)14-29(45)31(47)39-25(13-18-3-7-22(42)8-4-18)32(48)40-26-16-23(43)9-6-20(26)15-27(40)30(46)38-21(17-41)2-1-11-37-33(35)36/h3-5,7-8,10,12,17,20-21,23,25-27,29,42-45H,1-2,6,9,11,13-16H2,(H,38,46)(H,39,47)(H4,35,36,37)/t20-,21+,23?,25+,26-,27?,29+/m0/s1. The molecular weight excluding hydrogens is 644 g/mol. The van der Waals surface area contributed by atoms with Crippen molar-refractivity contribution in [2.45, 2.75) is 87.7 Å². The largest absolute Gasteiger partial charge is 0.508 e. The Morgan fingerprint density at radius 1 is 1.02 bits per heavy atom. The minimum absolute atomic E-state index is 0.00647. The molecule has 0 aromatic heterocycles. The summed E-state index contributed by atoms with van der Waals surface area (Å²) in [5, 5.41) is 46.3. The average Bonchev–Trinajstić information content (AvgIpc) is 3.43. The van der Waals surface area contributed by atoms with E-state index in [1.165, 1.54) is 35.2 Å². The molecule has 260 valence electrons. The second-order valence-electron chi connectivity index (χ2n) is 12.4. The van der Waals surface area contributed by atoms with E-state index < -0.39 is 54.1 Å². The number of benzene rings is 2. The van der Waals surface area contributed by atoms with E-state index >= 15 is 0 Å². The fourth-order valence-corrected chi connectivity index (χ4v) is 6.67. The quantitative estimate of drug-likeness (QED) is 0.0583. The van der Waals surface area contributed by atoms with Gasteiger partial charge in [-0.2, -0.15) is 0 Å². The zero-order valence-corrected chi connectivity index (χ0v) is 27.1. The second-order valence-corrected chi connectivity index (χ2v) is 12.8. The number of hydrogen-bond acceptors (Lipinski definition) is 9. The third-order valence-corrected chi connectivity index (χ3v) is 9.20. The molecule has 2 aromatic carbocycles. The predicted molar refractivity (Wildman–Crippen MR) is 177 cm³/mol. The lowest BCUT2D eigenvalue weighted by molar-refractivity contribution is -0.145. The smallest absolute Gasteiger partial charge is 0.249 e. The molecule has 1 saturated heterocycles. The zero-order chi connectivity index (χ0) is 35.0. The van der Waals surface area contributed by atoms with Crippen LogP contribution in [0.2, 0.25) is 5.02 Å². The Balaban J connectivity index is 1.58. The summed E-state index contributed by atoms with van der Waals surface area (Å²) in [4.78, 5) is 58.7. The van der Waals surface area contributed by atoms with Gasteiger partial charge in [-0.15, -0.1) is 0 Å². The minimum atomic E-state index is -1.59. The molecule has 1 aliphatic carbocycles. The SMILES string of the molecule is NC(N)=NCCC[C@H](C=O)NC(=O)C1C[C@@H]2CCC(O)C[C@@H]2N1C(=O)[C@@H](Cc1ccc(O)cc1)NC(=O)[C@H](O)Cc1ccc(O)c(Cl)c1. The molecule has 14 nitrogen and oxygen atoms in total. The summed E-state index contributed by atoms with van der Waals surface area (Å²) in [6, 6.07) is 6.74. The molecule has 1 aliphatic heterocycles. The molecule has 1 saturated carbocycles. The highest BCUT2D eigenvalue weighted by molar-refractivity contribution is 6.32. The van der Waals surface area contributed by atoms with Gasteiger partial charge in [0, 0.05) is 25.4 Å². The van der Waals surface area contributed by atoms with Crippen molar-refractivity contribution in [1.82, 2.24) is 15.5 Å². The first-order valence-corrected chi connectivity index (χ1v) is 16.3. The van der Waals surface area contributed by atoms with Crippen molar-refractivity contribution >= 4 is 41.6 Å². The molecule has 10 N–H and O–H groups in total. The first-order valence-electron chi connectivity index (χ1n) is 15.9. The van der Waals surface area contributed by atoms with Crippen molar-refractivity contribution in [3.63, 3.8) is 0 Å². The van der Waals surface area contributed by atoms with Crippen molar-refractivity contribution in [3.8, 4) is 11.5 Å². The number of nitrogens with two attached hydrogens (primary N) is 2. The number of halogens is 1. The lowest BCUT2D eigenvalue weighted by Gasteiger charge is -2.37. The highest BCUT2D eigenvalue weighted by Gasteiger charge is 2.50. The minimum Gasteiger partial charge on any atom is -0.508 e. The Bertz CT molecular complexity index is 1490. The van der Waals surface area contributed by atoms with Crippen LogP contribution in [0.5, 0.6) is 11.5 Å². The lowest BCUT2D eigenvalue weighted by atomic mass is 9.83. The van der Waals surface area contributed by atoms with Crippen molar-refractivity contribution in [1.29, 1.82) is 0 Å². The third kappa shape index (κ3) is 9.58. The van der Waals surface area contributed by atoms with Gasteiger partial charge < -0.3 is 52.2 Å². The zero-order valence-electron chi connectivity index (χ0n) is 26.4. The second kappa shape index (κ2) is 16.6. The van der Waals surface area contributed by atoms with E-state index in [0.29, 0.717) is 43.1 Å². The molecule has 0 spiro atoms. The van der Waals surface area contributed by atoms with Gasteiger partial charge in [0.15, 0.2) is 5.96 Å². The van der Waals surface area contributed by atoms with E-state index in [4.69, 9.17) is 23.1 Å². The number of nitrogens with one attached hydrogen (secondary N) is 2. The fourth-order valence-electron chi connectivity index (χ4n) is 6.47. The van der Waals surface area contributed by atoms with Crippen LogP contribution >= 0.6 is 11.6 Å². The summed E-state index contributed by atoms with van der Waals surface area (Å²) in [6.45, 7) is 0.267. The Labute approximate surface area is 283 Å². The van der Waals surface area contributed by atoms with E-state index in [-0.39, 0.29) is 60.6 Å². The Morgan fingerprint density at radius 3 is 2.40 bits per heavy atom. The summed E-state index contributed by atoms with van der Waals surface area (Å²) < 4.78 is 0. The van der Waals surface area contributed by atoms with Crippen molar-refractivity contribution in [2.24, 2.45) is 22.4 Å². The number of nitrogens with zero attached hydrogens (tertiary/aromatic N) is 2. The molecule has 2 fully saturated rings. The summed E-state index contributed by atoms with van der Waals surface area (Å²) in [5.41, 5.74) is 11.8. The van der Waals surface area contributed by atoms with Crippen LogP contribution in [-0.4, -0.2) is 98.2 Å². The molecule has 15 heteroatoms. The monoisotopic (exact) mass is 686 g/mol. The number of phenolic OH excluding ortho intramolecular Hbond substituents is 2. The molecule has 1 heterocycles. The van der Waals surface area contributed by atoms with Crippen LogP contribution in [0, 0.1) is 5.92 Å². The van der Waals surface area contributed by atoms with Crippen LogP contribution in [0.25, 0.3) is 0 Å². The number of rotatable bonds is 14. The summed E-state index contributed by atoms with van der Waals surface area (Å²) in [5.74, 6) is -2.30. The van der Waals surface area contributed by atoms with Crippen molar-refractivity contribution in [3.05, 3.63) is 58.6 Å². The third-order valence-electron chi connectivity index (χ3n) is 8.90. The molecule has 48 heavy (non-hydrogen) atoms. The topological polar surface area (TPSA) is 241 Å². The van der Waals surface area contributed by atoms with Crippen LogP contribution in [0.3, 0.4) is 0 Å². The van der Waals surface area contributed by atoms with E-state index in [1.54, 1.807) is 12.1 Å². The van der Waals surface area contributed by atoms with Gasteiger partial charge in [-0.05, 0) is 79.8 Å². The average molecular weight is 687 g/mol. The van der Waals surface area contributed by atoms with Gasteiger partial charge in [0.2, 0.25) is 17.7 Å². The summed E-state index contributed by atoms with van der Waals surface area (Å²) in [6.07, 6.45) is 0.468. The normalized spacial score (nSPS) is 22.1. The number of guanidine groups is 1. The van der Waals surface area contributed by atoms with Crippen molar-refractivity contribution in [2.75, 3.05) is 6.54 Å². The maximum atomic E-state index is 14.5. The number of aldehydes is 1. The Kier molecular flexibility index (Phi) is 12.6. The number of carbonyl (C=O) groups excluding carboxylic acids is 4. The maximum absolute atomic E-state index is 14.5. The van der Waals surface area contributed by atoms with Gasteiger partial charge in [-0.3, -0.25) is 19.4 Å². The van der Waals surface area contributed by atoms with Crippen molar-refractivity contribution < 1.29 is 39.6 Å². The highest BCUT2D eigenvalue weighted by atomic mass is 35.5. The summed E-state index contributed by atoms with van der Waals surface area (Å²) >= 11 is 5.98. The van der Waals surface area contributed by atoms with Gasteiger partial charge in [-0.1, -0.05) is 29.8 Å². The number of amides is 3. The molecular formula is C33H43ClN6O8. The van der Waals surface area contributed by atoms with Crippen LogP contribution < -0.4 is 22.1 Å². The molecule has 3 amide bonds. The van der Waals surface area contributed by atoms with E-state index in [2.05, 4.69) is 15.6 Å². The van der Waals surface area contributed by atoms with Crippen LogP contribution in [0.4, 0.5) is 0 Å². The number of likely N-dealkylation sites (tertiary alicyclic amines) is 1. The lowest BCUT2D eigenvalue weighted by Crippen LogP contribution is -2.59. The number of aliphatic hydroxyl groups excluding tert-OH is 2. The Hall–Kier alpha value is -4.40. The van der Waals surface area contributed by atoms with Gasteiger partial charge in [-0.25, -0.2) is 0 Å². The van der Waals surface area contributed by atoms with Gasteiger partial charge >= 0.3 is 0 Å². The number of phenols is 2. The van der Waals surface area contributed by atoms with E-state index in [1.807, 2.05) is 0 Å². The number of fused-ring (bicyclic) bond motifs is 1. The van der Waals surface area contributed by atoms with E-state index in [0.717, 1.165) is 0 Å². The van der Waals surface area contributed by atoms with E-state index in [9.17, 15) is 39.6 Å². The number of aromatic hydroxyl groups is 2. The number of aliphatic hydroxyl groups is 2. The molecule has 2 unspecified atom stereocenters. The number of aliphatic imine (C=N–C) groups is 1. The van der Waals surface area contributed by atoms with Gasteiger partial charge in [0.1, 0.15) is 36.0 Å². The van der Waals surface area contributed by atoms with Gasteiger partial charge in [0.25, 0.3) is 0 Å². The maximum Gasteiger partial charge on any atom is 0.249 e. The molecule has 2 aromatic rings. The van der Waals surface area contributed by atoms with Crippen LogP contribution in [0.15, 0.2) is 47.5 Å².